The van der Waals surface area contributed by atoms with E-state index in [4.69, 9.17) is 15.5 Å². The van der Waals surface area contributed by atoms with Crippen molar-refractivity contribution in [1.82, 2.24) is 5.32 Å². The Kier molecular flexibility index (Phi) is 10.5. The Bertz CT molecular complexity index is 527. The topological polar surface area (TPSA) is 59.6 Å². The average molecular weight is 473 g/mol. The number of nitrogens with one attached hydrogen (secondary N) is 1. The summed E-state index contributed by atoms with van der Waals surface area (Å²) in [5, 5.41) is 3.36. The maximum atomic E-state index is 6.17. The summed E-state index contributed by atoms with van der Waals surface area (Å²) in [5.74, 6) is 1.33. The molecule has 1 fully saturated rings. The highest BCUT2D eigenvalue weighted by atomic mass is 127. The summed E-state index contributed by atoms with van der Waals surface area (Å²) in [6.07, 6.45) is 5.62. The number of nitrogens with zero attached hydrogens (tertiary/aromatic N) is 1. The van der Waals surface area contributed by atoms with Gasteiger partial charge in [-0.15, -0.1) is 24.0 Å². The van der Waals surface area contributed by atoms with Crippen LogP contribution in [0.25, 0.3) is 0 Å². The van der Waals surface area contributed by atoms with Gasteiger partial charge in [0.1, 0.15) is 0 Å². The van der Waals surface area contributed by atoms with Gasteiger partial charge >= 0.3 is 0 Å². The standard InChI is InChI=1S/C21H35N3O.HI/c1-17(2)8-7-9-18(3)24-20(22)23-16-21(12-14-25-15-13-21)19-10-5-4-6-11-19;/h4-6,10-11,17-18H,7-9,12-16H2,1-3H3,(H3,22,23,24);1H. The van der Waals surface area contributed by atoms with Gasteiger partial charge in [-0.3, -0.25) is 4.99 Å². The van der Waals surface area contributed by atoms with Crippen LogP contribution in [0, 0.1) is 5.92 Å². The molecule has 1 saturated heterocycles. The Balaban J connectivity index is 0.00000338. The predicted octanol–water partition coefficient (Wildman–Crippen LogP) is 4.47. The van der Waals surface area contributed by atoms with E-state index >= 15 is 0 Å². The molecule has 0 aromatic heterocycles. The van der Waals surface area contributed by atoms with Crippen molar-refractivity contribution in [2.24, 2.45) is 16.6 Å². The van der Waals surface area contributed by atoms with Crippen LogP contribution in [-0.2, 0) is 10.2 Å². The number of benzene rings is 1. The fourth-order valence-electron chi connectivity index (χ4n) is 3.53. The van der Waals surface area contributed by atoms with E-state index in [2.05, 4.69) is 56.4 Å². The van der Waals surface area contributed by atoms with Gasteiger partial charge in [0.2, 0.25) is 0 Å². The van der Waals surface area contributed by atoms with Crippen LogP contribution in [0.4, 0.5) is 0 Å². The first-order chi connectivity index (χ1) is 12.0. The van der Waals surface area contributed by atoms with Crippen LogP contribution < -0.4 is 11.1 Å². The number of halogens is 1. The Labute approximate surface area is 176 Å². The van der Waals surface area contributed by atoms with Gasteiger partial charge in [0.15, 0.2) is 5.96 Å². The second kappa shape index (κ2) is 11.8. The summed E-state index contributed by atoms with van der Waals surface area (Å²) < 4.78 is 5.59. The lowest BCUT2D eigenvalue weighted by atomic mass is 9.74. The Morgan fingerprint density at radius 3 is 2.42 bits per heavy atom. The number of guanidine groups is 1. The van der Waals surface area contributed by atoms with Crippen LogP contribution in [-0.4, -0.2) is 31.8 Å². The summed E-state index contributed by atoms with van der Waals surface area (Å²) >= 11 is 0. The first-order valence-electron chi connectivity index (χ1n) is 9.71. The summed E-state index contributed by atoms with van der Waals surface area (Å²) in [6.45, 7) is 9.03. The molecule has 0 amide bonds. The molecule has 0 bridgehead atoms. The highest BCUT2D eigenvalue weighted by molar-refractivity contribution is 14.0. The van der Waals surface area contributed by atoms with Gasteiger partial charge in [-0.1, -0.05) is 57.0 Å². The van der Waals surface area contributed by atoms with Crippen molar-refractivity contribution in [2.45, 2.75) is 64.3 Å². The lowest BCUT2D eigenvalue weighted by Crippen LogP contribution is -2.41. The molecule has 2 rings (SSSR count). The summed E-state index contributed by atoms with van der Waals surface area (Å²) in [7, 11) is 0. The van der Waals surface area contributed by atoms with Crippen LogP contribution in [0.3, 0.4) is 0 Å². The normalized spacial score (nSPS) is 18.2. The molecular weight excluding hydrogens is 437 g/mol. The minimum atomic E-state index is 0. The van der Waals surface area contributed by atoms with Crippen LogP contribution in [0.1, 0.15) is 58.4 Å². The third-order valence-corrected chi connectivity index (χ3v) is 5.20. The van der Waals surface area contributed by atoms with E-state index in [1.54, 1.807) is 0 Å². The van der Waals surface area contributed by atoms with Crippen molar-refractivity contribution in [3.05, 3.63) is 35.9 Å². The number of ether oxygens (including phenoxy) is 1. The minimum Gasteiger partial charge on any atom is -0.381 e. The van der Waals surface area contributed by atoms with Crippen molar-refractivity contribution in [2.75, 3.05) is 19.8 Å². The molecular formula is C21H36IN3O. The Morgan fingerprint density at radius 1 is 1.15 bits per heavy atom. The SMILES string of the molecule is CC(C)CCCC(C)NC(N)=NCC1(c2ccccc2)CCOCC1.I. The fraction of sp³-hybridized carbons (Fsp3) is 0.667. The van der Waals surface area contributed by atoms with E-state index in [1.165, 1.54) is 18.4 Å². The zero-order chi connectivity index (χ0) is 18.1. The number of aliphatic imine (C=N–C) groups is 1. The first-order valence-corrected chi connectivity index (χ1v) is 9.71. The Morgan fingerprint density at radius 2 is 1.81 bits per heavy atom. The van der Waals surface area contributed by atoms with Gasteiger partial charge in [0.05, 0.1) is 6.54 Å². The number of nitrogens with two attached hydrogens (primary N) is 1. The van der Waals surface area contributed by atoms with E-state index in [0.717, 1.165) is 44.9 Å². The van der Waals surface area contributed by atoms with Crippen molar-refractivity contribution >= 4 is 29.9 Å². The van der Waals surface area contributed by atoms with Crippen molar-refractivity contribution in [3.8, 4) is 0 Å². The molecule has 0 radical (unpaired) electrons. The molecule has 1 aliphatic heterocycles. The van der Waals surface area contributed by atoms with Gasteiger partial charge in [0.25, 0.3) is 0 Å². The molecule has 0 saturated carbocycles. The van der Waals surface area contributed by atoms with Gasteiger partial charge < -0.3 is 15.8 Å². The smallest absolute Gasteiger partial charge is 0.188 e. The molecule has 5 heteroatoms. The monoisotopic (exact) mass is 473 g/mol. The minimum absolute atomic E-state index is 0. The quantitative estimate of drug-likeness (QED) is 0.333. The van der Waals surface area contributed by atoms with Crippen LogP contribution in [0.15, 0.2) is 35.3 Å². The van der Waals surface area contributed by atoms with Gasteiger partial charge in [-0.25, -0.2) is 0 Å². The van der Waals surface area contributed by atoms with Crippen LogP contribution in [0.5, 0.6) is 0 Å². The number of rotatable bonds is 8. The third-order valence-electron chi connectivity index (χ3n) is 5.20. The highest BCUT2D eigenvalue weighted by Gasteiger charge is 2.34. The largest absolute Gasteiger partial charge is 0.381 e. The number of hydrogen-bond acceptors (Lipinski definition) is 2. The first kappa shape index (κ1) is 23.2. The maximum absolute atomic E-state index is 6.17. The molecule has 1 aromatic carbocycles. The summed E-state index contributed by atoms with van der Waals surface area (Å²) in [6, 6.07) is 11.1. The van der Waals surface area contributed by atoms with Crippen LogP contribution in [0.2, 0.25) is 0 Å². The maximum Gasteiger partial charge on any atom is 0.188 e. The molecule has 1 aromatic rings. The fourth-order valence-corrected chi connectivity index (χ4v) is 3.53. The van der Waals surface area contributed by atoms with E-state index < -0.39 is 0 Å². The Hall–Kier alpha value is -0.820. The van der Waals surface area contributed by atoms with Gasteiger partial charge in [-0.05, 0) is 37.7 Å². The molecule has 1 heterocycles. The summed E-state index contributed by atoms with van der Waals surface area (Å²) in [4.78, 5) is 4.71. The second-order valence-electron chi connectivity index (χ2n) is 7.83. The van der Waals surface area contributed by atoms with E-state index in [-0.39, 0.29) is 29.4 Å². The lowest BCUT2D eigenvalue weighted by Gasteiger charge is -2.36. The zero-order valence-corrected chi connectivity index (χ0v) is 18.9. The van der Waals surface area contributed by atoms with Crippen molar-refractivity contribution in [1.29, 1.82) is 0 Å². The molecule has 1 unspecified atom stereocenters. The van der Waals surface area contributed by atoms with Gasteiger partial charge in [-0.2, -0.15) is 0 Å². The molecule has 4 nitrogen and oxygen atoms in total. The summed E-state index contributed by atoms with van der Waals surface area (Å²) in [5.41, 5.74) is 7.56. The molecule has 0 aliphatic carbocycles. The third kappa shape index (κ3) is 7.43. The average Bonchev–Trinajstić information content (AvgIpc) is 2.61. The lowest BCUT2D eigenvalue weighted by molar-refractivity contribution is 0.0531. The van der Waals surface area contributed by atoms with E-state index in [9.17, 15) is 0 Å². The van der Waals surface area contributed by atoms with Gasteiger partial charge in [0, 0.05) is 24.7 Å². The second-order valence-corrected chi connectivity index (χ2v) is 7.83. The molecule has 1 atom stereocenters. The number of hydrogen-bond donors (Lipinski definition) is 2. The molecule has 0 spiro atoms. The molecule has 148 valence electrons. The highest BCUT2D eigenvalue weighted by Crippen LogP contribution is 2.35. The van der Waals surface area contributed by atoms with E-state index in [0.29, 0.717) is 12.0 Å². The predicted molar refractivity (Wildman–Crippen MR) is 121 cm³/mol. The zero-order valence-electron chi connectivity index (χ0n) is 16.5. The van der Waals surface area contributed by atoms with E-state index in [1.807, 2.05) is 0 Å². The molecule has 3 N–H and O–H groups in total. The molecule has 1 aliphatic rings. The van der Waals surface area contributed by atoms with Crippen LogP contribution >= 0.6 is 24.0 Å². The van der Waals surface area contributed by atoms with Crippen molar-refractivity contribution in [3.63, 3.8) is 0 Å². The molecule has 26 heavy (non-hydrogen) atoms. The van der Waals surface area contributed by atoms with Crippen molar-refractivity contribution < 1.29 is 4.74 Å².